The Morgan fingerprint density at radius 2 is 1.93 bits per heavy atom. The van der Waals surface area contributed by atoms with Crippen molar-refractivity contribution in [2.75, 3.05) is 0 Å². The van der Waals surface area contributed by atoms with Gasteiger partial charge in [-0.2, -0.15) is 5.11 Å². The average Bonchev–Trinajstić information content (AvgIpc) is 2.99. The number of nitrogens with zero attached hydrogens (tertiary/aromatic N) is 2. The van der Waals surface area contributed by atoms with Crippen LogP contribution in [0.25, 0.3) is 0 Å². The van der Waals surface area contributed by atoms with E-state index < -0.39 is 0 Å². The van der Waals surface area contributed by atoms with E-state index >= 15 is 0 Å². The predicted molar refractivity (Wildman–Crippen MR) is 54.0 cm³/mol. The monoisotopic (exact) mass is 184 g/mol. The zero-order valence-electron chi connectivity index (χ0n) is 7.68. The number of hydrogen-bond acceptors (Lipinski definition) is 2. The van der Waals surface area contributed by atoms with Crippen molar-refractivity contribution in [1.29, 1.82) is 0 Å². The normalized spacial score (nSPS) is 16.0. The molecule has 0 atom stereocenters. The Balaban J connectivity index is 2.06. The molecule has 1 aromatic rings. The van der Waals surface area contributed by atoms with Gasteiger partial charge in [-0.15, -0.1) is 5.11 Å². The Morgan fingerprint density at radius 3 is 2.50 bits per heavy atom. The van der Waals surface area contributed by atoms with Gasteiger partial charge in [-0.3, -0.25) is 4.79 Å². The molecule has 68 valence electrons. The third kappa shape index (κ3) is 2.28. The first kappa shape index (κ1) is 9.12. The number of benzene rings is 1. The van der Waals surface area contributed by atoms with Gasteiger partial charge in [0, 0.05) is 5.56 Å². The van der Waals surface area contributed by atoms with E-state index in [1.54, 1.807) is 24.3 Å². The van der Waals surface area contributed by atoms with Crippen LogP contribution < -0.4 is 5.46 Å². The molecule has 14 heavy (non-hydrogen) atoms. The number of carbonyl (C=O) groups excluding carboxylic acids is 1. The largest absolute Gasteiger partial charge is 0.295 e. The molecular formula is C10H9BN2O. The van der Waals surface area contributed by atoms with E-state index in [2.05, 4.69) is 10.2 Å². The molecule has 1 fully saturated rings. The summed E-state index contributed by atoms with van der Waals surface area (Å²) in [7, 11) is 5.49. The molecule has 0 aliphatic heterocycles. The minimum atomic E-state index is -0.295. The molecule has 4 heteroatoms. The summed E-state index contributed by atoms with van der Waals surface area (Å²) in [6, 6.07) is 6.96. The van der Waals surface area contributed by atoms with Crippen LogP contribution in [0, 0.1) is 0 Å². The first-order valence-electron chi connectivity index (χ1n) is 4.56. The molecule has 1 amide bonds. The van der Waals surface area contributed by atoms with Gasteiger partial charge in [0.1, 0.15) is 7.85 Å². The van der Waals surface area contributed by atoms with E-state index in [0.29, 0.717) is 11.0 Å². The lowest BCUT2D eigenvalue weighted by Crippen LogP contribution is -2.03. The Hall–Kier alpha value is -1.45. The number of hydrogen-bond donors (Lipinski definition) is 0. The van der Waals surface area contributed by atoms with Crippen LogP contribution >= 0.6 is 0 Å². The van der Waals surface area contributed by atoms with E-state index in [0.717, 1.165) is 12.8 Å². The molecule has 0 N–H and O–H groups in total. The fourth-order valence-corrected chi connectivity index (χ4v) is 1.01. The van der Waals surface area contributed by atoms with Crippen LogP contribution in [0.2, 0.25) is 0 Å². The van der Waals surface area contributed by atoms with Crippen LogP contribution in [0.1, 0.15) is 23.2 Å². The first-order chi connectivity index (χ1) is 6.75. The number of carbonyl (C=O) groups is 1. The second-order valence-corrected chi connectivity index (χ2v) is 3.37. The van der Waals surface area contributed by atoms with Gasteiger partial charge in [0.15, 0.2) is 0 Å². The van der Waals surface area contributed by atoms with Crippen LogP contribution in [0.4, 0.5) is 0 Å². The first-order valence-corrected chi connectivity index (χ1v) is 4.56. The maximum absolute atomic E-state index is 11.4. The van der Waals surface area contributed by atoms with E-state index in [9.17, 15) is 4.79 Å². The van der Waals surface area contributed by atoms with Gasteiger partial charge in [0.05, 0.1) is 6.04 Å². The molecule has 0 aromatic heterocycles. The zero-order chi connectivity index (χ0) is 9.97. The minimum Gasteiger partial charge on any atom is -0.265 e. The molecule has 0 heterocycles. The summed E-state index contributed by atoms with van der Waals surface area (Å²) in [5, 5.41) is 7.51. The summed E-state index contributed by atoms with van der Waals surface area (Å²) < 4.78 is 0. The summed E-state index contributed by atoms with van der Waals surface area (Å²) in [4.78, 5) is 11.4. The summed E-state index contributed by atoms with van der Waals surface area (Å²) in [5.41, 5.74) is 1.17. The summed E-state index contributed by atoms with van der Waals surface area (Å²) >= 11 is 0. The van der Waals surface area contributed by atoms with Gasteiger partial charge < -0.3 is 0 Å². The van der Waals surface area contributed by atoms with Crippen molar-refractivity contribution in [2.45, 2.75) is 18.9 Å². The molecule has 2 rings (SSSR count). The van der Waals surface area contributed by atoms with Crippen LogP contribution in [0.5, 0.6) is 0 Å². The second-order valence-electron chi connectivity index (χ2n) is 3.37. The smallest absolute Gasteiger partial charge is 0.265 e. The molecule has 0 unspecified atom stereocenters. The lowest BCUT2D eigenvalue weighted by Gasteiger charge is -1.94. The van der Waals surface area contributed by atoms with Crippen molar-refractivity contribution in [3.63, 3.8) is 0 Å². The SMILES string of the molecule is [B]c1ccc(C(=O)N=NC2CC2)cc1. The Kier molecular flexibility index (Phi) is 2.44. The Morgan fingerprint density at radius 1 is 1.29 bits per heavy atom. The molecule has 0 saturated heterocycles. The van der Waals surface area contributed by atoms with Crippen LogP contribution in [0.15, 0.2) is 34.5 Å². The number of amides is 1. The third-order valence-electron chi connectivity index (χ3n) is 2.02. The molecule has 0 spiro atoms. The van der Waals surface area contributed by atoms with Crippen molar-refractivity contribution in [1.82, 2.24) is 0 Å². The second kappa shape index (κ2) is 3.74. The van der Waals surface area contributed by atoms with Crippen molar-refractivity contribution < 1.29 is 4.79 Å². The quantitative estimate of drug-likeness (QED) is 0.503. The van der Waals surface area contributed by atoms with E-state index in [4.69, 9.17) is 7.85 Å². The maximum atomic E-state index is 11.4. The fourth-order valence-electron chi connectivity index (χ4n) is 1.01. The number of azo groups is 1. The van der Waals surface area contributed by atoms with Gasteiger partial charge >= 0.3 is 0 Å². The lowest BCUT2D eigenvalue weighted by atomic mass is 9.95. The molecule has 2 radical (unpaired) electrons. The van der Waals surface area contributed by atoms with Crippen molar-refractivity contribution in [3.05, 3.63) is 29.8 Å². The van der Waals surface area contributed by atoms with Crippen LogP contribution in [-0.4, -0.2) is 19.8 Å². The Bertz CT molecular complexity index is 368. The van der Waals surface area contributed by atoms with Crippen molar-refractivity contribution in [3.8, 4) is 0 Å². The molecule has 1 aliphatic carbocycles. The fraction of sp³-hybridized carbons (Fsp3) is 0.300. The average molecular weight is 184 g/mol. The van der Waals surface area contributed by atoms with Gasteiger partial charge in [0.25, 0.3) is 5.91 Å². The third-order valence-corrected chi connectivity index (χ3v) is 2.02. The number of rotatable bonds is 2. The molecule has 1 saturated carbocycles. The van der Waals surface area contributed by atoms with Crippen LogP contribution in [0.3, 0.4) is 0 Å². The van der Waals surface area contributed by atoms with Gasteiger partial charge in [0.2, 0.25) is 0 Å². The van der Waals surface area contributed by atoms with Crippen LogP contribution in [-0.2, 0) is 0 Å². The van der Waals surface area contributed by atoms with E-state index in [-0.39, 0.29) is 11.9 Å². The highest BCUT2D eigenvalue weighted by atomic mass is 16.1. The highest BCUT2D eigenvalue weighted by Gasteiger charge is 2.20. The maximum Gasteiger partial charge on any atom is 0.295 e. The van der Waals surface area contributed by atoms with Crippen molar-refractivity contribution >= 4 is 19.2 Å². The molecular weight excluding hydrogens is 175 g/mol. The van der Waals surface area contributed by atoms with Gasteiger partial charge in [-0.25, -0.2) is 0 Å². The van der Waals surface area contributed by atoms with Gasteiger partial charge in [-0.05, 0) is 25.0 Å². The van der Waals surface area contributed by atoms with E-state index in [1.165, 1.54) is 0 Å². The summed E-state index contributed by atoms with van der Waals surface area (Å²) in [6.45, 7) is 0. The summed E-state index contributed by atoms with van der Waals surface area (Å²) in [6.07, 6.45) is 2.11. The van der Waals surface area contributed by atoms with E-state index in [1.807, 2.05) is 0 Å². The van der Waals surface area contributed by atoms with Gasteiger partial charge in [-0.1, -0.05) is 17.6 Å². The topological polar surface area (TPSA) is 41.8 Å². The molecule has 0 bridgehead atoms. The molecule has 1 aliphatic rings. The molecule has 3 nitrogen and oxygen atoms in total. The summed E-state index contributed by atoms with van der Waals surface area (Å²) in [5.74, 6) is -0.295. The lowest BCUT2D eigenvalue weighted by molar-refractivity contribution is 0.0993. The standard InChI is InChI=1S/C10H9BN2O/c11-8-3-1-7(2-4-8)10(14)13-12-9-5-6-9/h1-4,9H,5-6H2. The molecule has 1 aromatic carbocycles. The zero-order valence-corrected chi connectivity index (χ0v) is 7.68. The predicted octanol–water partition coefficient (Wildman–Crippen LogP) is 1.24. The van der Waals surface area contributed by atoms with Crippen molar-refractivity contribution in [2.24, 2.45) is 10.2 Å². The Labute approximate surface area is 83.6 Å². The minimum absolute atomic E-state index is 0.285. The highest BCUT2D eigenvalue weighted by Crippen LogP contribution is 2.23. The highest BCUT2D eigenvalue weighted by molar-refractivity contribution is 6.32.